The highest BCUT2D eigenvalue weighted by Crippen LogP contribution is 2.27. The predicted molar refractivity (Wildman–Crippen MR) is 83.0 cm³/mol. The van der Waals surface area contributed by atoms with E-state index in [1.165, 1.54) is 0 Å². The van der Waals surface area contributed by atoms with Gasteiger partial charge >= 0.3 is 0 Å². The molecule has 2 aromatic rings. The van der Waals surface area contributed by atoms with Gasteiger partial charge in [0, 0.05) is 37.9 Å². The zero-order chi connectivity index (χ0) is 15.9. The largest absolute Gasteiger partial charge is 0.338 e. The monoisotopic (exact) mass is 300 g/mol. The van der Waals surface area contributed by atoms with Gasteiger partial charge in [-0.05, 0) is 32.4 Å². The number of aromatic nitrogens is 3. The Kier molecular flexibility index (Phi) is 3.60. The van der Waals surface area contributed by atoms with Gasteiger partial charge in [0.2, 0.25) is 0 Å². The lowest BCUT2D eigenvalue weighted by Gasteiger charge is -2.16. The van der Waals surface area contributed by atoms with Crippen LogP contribution in [0.4, 0.5) is 0 Å². The maximum absolute atomic E-state index is 12.5. The normalized spacial score (nSPS) is 18.0. The van der Waals surface area contributed by atoms with E-state index < -0.39 is 0 Å². The Morgan fingerprint density at radius 2 is 2.14 bits per heavy atom. The summed E-state index contributed by atoms with van der Waals surface area (Å²) in [4.78, 5) is 33.4. The number of hydrogen-bond donors (Lipinski definition) is 1. The SMILES string of the molecule is Cc1cn(C)c([C@@H]2CCN(C(=O)c3ccc(C)[nH]c3=O)C2)n1. The van der Waals surface area contributed by atoms with E-state index in [1.807, 2.05) is 24.7 Å². The van der Waals surface area contributed by atoms with Crippen molar-refractivity contribution < 1.29 is 4.79 Å². The second-order valence-electron chi connectivity index (χ2n) is 5.97. The molecule has 0 bridgehead atoms. The minimum Gasteiger partial charge on any atom is -0.338 e. The van der Waals surface area contributed by atoms with Crippen LogP contribution in [-0.4, -0.2) is 38.4 Å². The van der Waals surface area contributed by atoms with Crippen LogP contribution in [0.3, 0.4) is 0 Å². The number of imidazole rings is 1. The molecule has 3 heterocycles. The topological polar surface area (TPSA) is 71.0 Å². The molecule has 0 spiro atoms. The van der Waals surface area contributed by atoms with E-state index in [-0.39, 0.29) is 22.9 Å². The molecule has 1 aliphatic heterocycles. The van der Waals surface area contributed by atoms with Gasteiger partial charge in [-0.15, -0.1) is 0 Å². The van der Waals surface area contributed by atoms with E-state index in [9.17, 15) is 9.59 Å². The lowest BCUT2D eigenvalue weighted by atomic mass is 10.1. The highest BCUT2D eigenvalue weighted by atomic mass is 16.2. The van der Waals surface area contributed by atoms with Crippen molar-refractivity contribution in [2.45, 2.75) is 26.2 Å². The number of rotatable bonds is 2. The van der Waals surface area contributed by atoms with Gasteiger partial charge in [-0.1, -0.05) is 0 Å². The summed E-state index contributed by atoms with van der Waals surface area (Å²) >= 11 is 0. The molecule has 0 aromatic carbocycles. The molecule has 0 saturated carbocycles. The summed E-state index contributed by atoms with van der Waals surface area (Å²) in [6, 6.07) is 3.36. The molecule has 0 radical (unpaired) electrons. The van der Waals surface area contributed by atoms with E-state index in [0.717, 1.165) is 23.6 Å². The Balaban J connectivity index is 1.79. The molecule has 3 rings (SSSR count). The van der Waals surface area contributed by atoms with E-state index in [4.69, 9.17) is 0 Å². The summed E-state index contributed by atoms with van der Waals surface area (Å²) in [7, 11) is 1.98. The molecule has 116 valence electrons. The number of hydrogen-bond acceptors (Lipinski definition) is 3. The number of aromatic amines is 1. The number of likely N-dealkylation sites (tertiary alicyclic amines) is 1. The van der Waals surface area contributed by atoms with E-state index in [2.05, 4.69) is 9.97 Å². The summed E-state index contributed by atoms with van der Waals surface area (Å²) in [6.07, 6.45) is 2.87. The van der Waals surface area contributed by atoms with Crippen molar-refractivity contribution in [3.8, 4) is 0 Å². The maximum atomic E-state index is 12.5. The average molecular weight is 300 g/mol. The van der Waals surface area contributed by atoms with Crippen molar-refractivity contribution in [3.63, 3.8) is 0 Å². The first-order valence-electron chi connectivity index (χ1n) is 7.45. The van der Waals surface area contributed by atoms with Crippen molar-refractivity contribution >= 4 is 5.91 Å². The van der Waals surface area contributed by atoms with Gasteiger partial charge in [0.15, 0.2) is 0 Å². The van der Waals surface area contributed by atoms with Crippen LogP contribution >= 0.6 is 0 Å². The summed E-state index contributed by atoms with van der Waals surface area (Å²) in [6.45, 7) is 5.03. The van der Waals surface area contributed by atoms with Gasteiger partial charge in [0.25, 0.3) is 11.5 Å². The van der Waals surface area contributed by atoms with E-state index in [0.29, 0.717) is 13.1 Å². The molecule has 6 heteroatoms. The highest BCUT2D eigenvalue weighted by Gasteiger charge is 2.31. The molecule has 1 fully saturated rings. The Morgan fingerprint density at radius 1 is 1.36 bits per heavy atom. The molecule has 1 N–H and O–H groups in total. The molecule has 1 amide bonds. The predicted octanol–water partition coefficient (Wildman–Crippen LogP) is 1.35. The van der Waals surface area contributed by atoms with Crippen LogP contribution in [0.1, 0.15) is 39.9 Å². The van der Waals surface area contributed by atoms with Crippen molar-refractivity contribution in [1.29, 1.82) is 0 Å². The Hall–Kier alpha value is -2.37. The van der Waals surface area contributed by atoms with Gasteiger partial charge in [-0.3, -0.25) is 9.59 Å². The zero-order valence-corrected chi connectivity index (χ0v) is 13.1. The van der Waals surface area contributed by atoms with Gasteiger partial charge in [0.05, 0.1) is 5.69 Å². The van der Waals surface area contributed by atoms with Crippen LogP contribution in [0, 0.1) is 13.8 Å². The minimum absolute atomic E-state index is 0.199. The third kappa shape index (κ3) is 2.56. The van der Waals surface area contributed by atoms with E-state index >= 15 is 0 Å². The summed E-state index contributed by atoms with van der Waals surface area (Å²) < 4.78 is 2.02. The van der Waals surface area contributed by atoms with Gasteiger partial charge in [-0.25, -0.2) is 4.98 Å². The fraction of sp³-hybridized carbons (Fsp3) is 0.438. The number of amides is 1. The minimum atomic E-state index is -0.318. The smallest absolute Gasteiger partial charge is 0.260 e. The molecule has 0 aliphatic carbocycles. The van der Waals surface area contributed by atoms with Crippen LogP contribution in [-0.2, 0) is 7.05 Å². The second-order valence-corrected chi connectivity index (χ2v) is 5.97. The molecular formula is C16H20N4O2. The van der Waals surface area contributed by atoms with Crippen LogP contribution in [0.25, 0.3) is 0 Å². The number of carbonyl (C=O) groups excluding carboxylic acids is 1. The van der Waals surface area contributed by atoms with E-state index in [1.54, 1.807) is 24.0 Å². The first kappa shape index (κ1) is 14.6. The van der Waals surface area contributed by atoms with Crippen LogP contribution in [0.2, 0.25) is 0 Å². The third-order valence-electron chi connectivity index (χ3n) is 4.16. The maximum Gasteiger partial charge on any atom is 0.260 e. The quantitative estimate of drug-likeness (QED) is 0.910. The first-order valence-corrected chi connectivity index (χ1v) is 7.45. The summed E-state index contributed by atoms with van der Waals surface area (Å²) in [5.41, 5.74) is 1.63. The van der Waals surface area contributed by atoms with Crippen molar-refractivity contribution in [3.05, 3.63) is 51.5 Å². The van der Waals surface area contributed by atoms with Crippen LogP contribution in [0.5, 0.6) is 0 Å². The Morgan fingerprint density at radius 3 is 2.77 bits per heavy atom. The molecule has 1 saturated heterocycles. The third-order valence-corrected chi connectivity index (χ3v) is 4.16. The number of nitrogens with one attached hydrogen (secondary N) is 1. The molecule has 2 aromatic heterocycles. The van der Waals surface area contributed by atoms with Crippen LogP contribution < -0.4 is 5.56 Å². The molecular weight excluding hydrogens is 280 g/mol. The first-order chi connectivity index (χ1) is 10.5. The Labute approximate surface area is 128 Å². The standard InChI is InChI=1S/C16H20N4O2/c1-10-4-5-13(15(21)18-10)16(22)20-7-6-12(9-20)14-17-11(2)8-19(14)3/h4-5,8,12H,6-7,9H2,1-3H3,(H,18,21)/t12-/m1/s1. The summed E-state index contributed by atoms with van der Waals surface area (Å²) in [5.74, 6) is 1.03. The number of nitrogens with zero attached hydrogens (tertiary/aromatic N) is 3. The molecule has 1 atom stereocenters. The lowest BCUT2D eigenvalue weighted by molar-refractivity contribution is 0.0788. The van der Waals surface area contributed by atoms with Gasteiger partial charge < -0.3 is 14.5 Å². The highest BCUT2D eigenvalue weighted by molar-refractivity contribution is 5.94. The Bertz CT molecular complexity index is 775. The molecule has 0 unspecified atom stereocenters. The molecule has 22 heavy (non-hydrogen) atoms. The van der Waals surface area contributed by atoms with Gasteiger partial charge in [-0.2, -0.15) is 0 Å². The fourth-order valence-electron chi connectivity index (χ4n) is 3.08. The number of carbonyl (C=O) groups is 1. The fourth-order valence-corrected chi connectivity index (χ4v) is 3.08. The molecule has 6 nitrogen and oxygen atoms in total. The van der Waals surface area contributed by atoms with Crippen molar-refractivity contribution in [2.75, 3.05) is 13.1 Å². The van der Waals surface area contributed by atoms with Gasteiger partial charge in [0.1, 0.15) is 11.4 Å². The van der Waals surface area contributed by atoms with Crippen LogP contribution in [0.15, 0.2) is 23.1 Å². The van der Waals surface area contributed by atoms with Crippen molar-refractivity contribution in [2.24, 2.45) is 7.05 Å². The number of pyridine rings is 1. The molecule has 1 aliphatic rings. The number of aryl methyl sites for hydroxylation is 3. The summed E-state index contributed by atoms with van der Waals surface area (Å²) in [5, 5.41) is 0. The van der Waals surface area contributed by atoms with Crippen molar-refractivity contribution in [1.82, 2.24) is 19.4 Å². The average Bonchev–Trinajstić information content (AvgIpc) is 3.04. The number of H-pyrrole nitrogens is 1. The second kappa shape index (κ2) is 5.44. The zero-order valence-electron chi connectivity index (χ0n) is 13.1. The lowest BCUT2D eigenvalue weighted by Crippen LogP contribution is -2.33.